The molecule has 5 heteroatoms. The fourth-order valence-corrected chi connectivity index (χ4v) is 2.93. The number of nitriles is 1. The number of rotatable bonds is 3. The molecular formula is C19H20N4O. The van der Waals surface area contributed by atoms with Crippen LogP contribution >= 0.6 is 0 Å². The van der Waals surface area contributed by atoms with E-state index in [4.69, 9.17) is 5.26 Å². The van der Waals surface area contributed by atoms with Gasteiger partial charge in [-0.1, -0.05) is 18.9 Å². The maximum Gasteiger partial charge on any atom is 0.274 e. The third-order valence-corrected chi connectivity index (χ3v) is 4.20. The summed E-state index contributed by atoms with van der Waals surface area (Å²) in [7, 11) is 0. The van der Waals surface area contributed by atoms with E-state index in [1.165, 1.54) is 25.7 Å². The second-order valence-electron chi connectivity index (χ2n) is 5.95. The molecule has 1 amide bonds. The third-order valence-electron chi connectivity index (χ3n) is 4.20. The van der Waals surface area contributed by atoms with Crippen LogP contribution in [0.2, 0.25) is 0 Å². The van der Waals surface area contributed by atoms with E-state index in [0.29, 0.717) is 16.9 Å². The van der Waals surface area contributed by atoms with E-state index in [-0.39, 0.29) is 5.91 Å². The van der Waals surface area contributed by atoms with Gasteiger partial charge in [-0.15, -0.1) is 0 Å². The minimum Gasteiger partial charge on any atom is -0.371 e. The van der Waals surface area contributed by atoms with Crippen LogP contribution in [0.25, 0.3) is 0 Å². The SMILES string of the molecule is N#Cc1cccc(NC(=O)c2cc(N3CCCCCC3)ccn2)c1. The van der Waals surface area contributed by atoms with Crippen LogP contribution < -0.4 is 10.2 Å². The number of nitrogens with one attached hydrogen (secondary N) is 1. The molecule has 0 atom stereocenters. The summed E-state index contributed by atoms with van der Waals surface area (Å²) < 4.78 is 0. The van der Waals surface area contributed by atoms with E-state index in [1.807, 2.05) is 12.1 Å². The minimum absolute atomic E-state index is 0.262. The van der Waals surface area contributed by atoms with Crippen molar-refractivity contribution in [2.75, 3.05) is 23.3 Å². The Morgan fingerprint density at radius 3 is 2.67 bits per heavy atom. The fraction of sp³-hybridized carbons (Fsp3) is 0.316. The quantitative estimate of drug-likeness (QED) is 0.938. The Kier molecular flexibility index (Phi) is 5.07. The van der Waals surface area contributed by atoms with Crippen LogP contribution in [0, 0.1) is 11.3 Å². The van der Waals surface area contributed by atoms with Gasteiger partial charge in [0.15, 0.2) is 0 Å². The summed E-state index contributed by atoms with van der Waals surface area (Å²) in [5.41, 5.74) is 2.54. The van der Waals surface area contributed by atoms with Gasteiger partial charge in [0.2, 0.25) is 0 Å². The van der Waals surface area contributed by atoms with E-state index >= 15 is 0 Å². The van der Waals surface area contributed by atoms with Crippen molar-refractivity contribution in [3.8, 4) is 6.07 Å². The lowest BCUT2D eigenvalue weighted by Crippen LogP contribution is -2.24. The molecule has 1 aliphatic rings. The molecule has 0 aliphatic carbocycles. The number of carbonyl (C=O) groups is 1. The molecule has 1 aliphatic heterocycles. The number of hydrogen-bond donors (Lipinski definition) is 1. The first kappa shape index (κ1) is 16.0. The molecule has 122 valence electrons. The Bertz CT molecular complexity index is 758. The Morgan fingerprint density at radius 1 is 1.12 bits per heavy atom. The molecule has 3 rings (SSSR count). The predicted molar refractivity (Wildman–Crippen MR) is 94.0 cm³/mol. The van der Waals surface area contributed by atoms with E-state index in [0.717, 1.165) is 18.8 Å². The number of anilines is 2. The topological polar surface area (TPSA) is 69.0 Å². The predicted octanol–water partition coefficient (Wildman–Crippen LogP) is 3.59. The molecule has 2 heterocycles. The van der Waals surface area contributed by atoms with Gasteiger partial charge in [0.05, 0.1) is 11.6 Å². The Balaban J connectivity index is 1.75. The number of amides is 1. The van der Waals surface area contributed by atoms with Crippen molar-refractivity contribution in [2.24, 2.45) is 0 Å². The molecule has 0 radical (unpaired) electrons. The first-order chi connectivity index (χ1) is 11.8. The van der Waals surface area contributed by atoms with Crippen LogP contribution in [0.5, 0.6) is 0 Å². The van der Waals surface area contributed by atoms with Gasteiger partial charge >= 0.3 is 0 Å². The lowest BCUT2D eigenvalue weighted by atomic mass is 10.2. The summed E-state index contributed by atoms with van der Waals surface area (Å²) in [5, 5.41) is 11.7. The van der Waals surface area contributed by atoms with Gasteiger partial charge in [-0.05, 0) is 43.2 Å². The highest BCUT2D eigenvalue weighted by Crippen LogP contribution is 2.20. The third kappa shape index (κ3) is 3.90. The normalized spacial score (nSPS) is 14.5. The minimum atomic E-state index is -0.262. The molecular weight excluding hydrogens is 300 g/mol. The molecule has 1 aromatic heterocycles. The number of pyridine rings is 1. The van der Waals surface area contributed by atoms with Gasteiger partial charge < -0.3 is 10.2 Å². The van der Waals surface area contributed by atoms with Crippen LogP contribution in [0.4, 0.5) is 11.4 Å². The number of benzene rings is 1. The summed E-state index contributed by atoms with van der Waals surface area (Å²) in [5.74, 6) is -0.262. The molecule has 5 nitrogen and oxygen atoms in total. The summed E-state index contributed by atoms with van der Waals surface area (Å²) in [6, 6.07) is 12.7. The second-order valence-corrected chi connectivity index (χ2v) is 5.95. The van der Waals surface area contributed by atoms with E-state index in [1.54, 1.807) is 30.5 Å². The Labute approximate surface area is 141 Å². The fourth-order valence-electron chi connectivity index (χ4n) is 2.93. The smallest absolute Gasteiger partial charge is 0.274 e. The molecule has 1 fully saturated rings. The highest BCUT2D eigenvalue weighted by Gasteiger charge is 2.13. The lowest BCUT2D eigenvalue weighted by molar-refractivity contribution is 0.102. The molecule has 1 N–H and O–H groups in total. The first-order valence-corrected chi connectivity index (χ1v) is 8.29. The van der Waals surface area contributed by atoms with Crippen LogP contribution in [-0.2, 0) is 0 Å². The molecule has 0 spiro atoms. The van der Waals surface area contributed by atoms with Crippen molar-refractivity contribution in [3.05, 3.63) is 53.9 Å². The molecule has 2 aromatic rings. The van der Waals surface area contributed by atoms with Crippen LogP contribution in [0.15, 0.2) is 42.6 Å². The average Bonchev–Trinajstić information content (AvgIpc) is 2.91. The zero-order valence-electron chi connectivity index (χ0n) is 13.5. The van der Waals surface area contributed by atoms with Crippen molar-refractivity contribution >= 4 is 17.3 Å². The van der Waals surface area contributed by atoms with Gasteiger partial charge in [0, 0.05) is 30.7 Å². The summed E-state index contributed by atoms with van der Waals surface area (Å²) in [6.45, 7) is 2.05. The highest BCUT2D eigenvalue weighted by molar-refractivity contribution is 6.03. The van der Waals surface area contributed by atoms with Gasteiger partial charge in [-0.2, -0.15) is 5.26 Å². The number of nitrogens with zero attached hydrogens (tertiary/aromatic N) is 3. The van der Waals surface area contributed by atoms with Crippen LogP contribution in [0.3, 0.4) is 0 Å². The van der Waals surface area contributed by atoms with Gasteiger partial charge in [-0.25, -0.2) is 0 Å². The van der Waals surface area contributed by atoms with Gasteiger partial charge in [-0.3, -0.25) is 9.78 Å². The maximum absolute atomic E-state index is 12.4. The molecule has 1 saturated heterocycles. The van der Waals surface area contributed by atoms with E-state index in [9.17, 15) is 4.79 Å². The van der Waals surface area contributed by atoms with Crippen molar-refractivity contribution in [1.82, 2.24) is 4.98 Å². The molecule has 1 aromatic carbocycles. The lowest BCUT2D eigenvalue weighted by Gasteiger charge is -2.22. The summed E-state index contributed by atoms with van der Waals surface area (Å²) >= 11 is 0. The second kappa shape index (κ2) is 7.60. The zero-order valence-corrected chi connectivity index (χ0v) is 13.5. The van der Waals surface area contributed by atoms with Crippen molar-refractivity contribution in [1.29, 1.82) is 5.26 Å². The number of hydrogen-bond acceptors (Lipinski definition) is 4. The molecule has 0 bridgehead atoms. The maximum atomic E-state index is 12.4. The van der Waals surface area contributed by atoms with Crippen molar-refractivity contribution in [2.45, 2.75) is 25.7 Å². The van der Waals surface area contributed by atoms with Crippen LogP contribution in [0.1, 0.15) is 41.7 Å². The van der Waals surface area contributed by atoms with Gasteiger partial charge in [0.25, 0.3) is 5.91 Å². The summed E-state index contributed by atoms with van der Waals surface area (Å²) in [4.78, 5) is 19.0. The Hall–Kier alpha value is -2.87. The molecule has 0 saturated carbocycles. The number of carbonyl (C=O) groups excluding carboxylic acids is 1. The van der Waals surface area contributed by atoms with Crippen LogP contribution in [-0.4, -0.2) is 24.0 Å². The number of aromatic nitrogens is 1. The standard InChI is InChI=1S/C19H20N4O/c20-14-15-6-5-7-16(12-15)22-19(24)18-13-17(8-9-21-18)23-10-3-1-2-4-11-23/h5-9,12-13H,1-4,10-11H2,(H,22,24). The van der Waals surface area contributed by atoms with E-state index < -0.39 is 0 Å². The molecule has 0 unspecified atom stereocenters. The van der Waals surface area contributed by atoms with Crippen molar-refractivity contribution in [3.63, 3.8) is 0 Å². The highest BCUT2D eigenvalue weighted by atomic mass is 16.1. The van der Waals surface area contributed by atoms with E-state index in [2.05, 4.69) is 21.3 Å². The molecule has 24 heavy (non-hydrogen) atoms. The summed E-state index contributed by atoms with van der Waals surface area (Å²) in [6.07, 6.45) is 6.59. The van der Waals surface area contributed by atoms with Crippen molar-refractivity contribution < 1.29 is 4.79 Å². The monoisotopic (exact) mass is 320 g/mol. The zero-order chi connectivity index (χ0) is 16.8. The Morgan fingerprint density at radius 2 is 1.92 bits per heavy atom. The first-order valence-electron chi connectivity index (χ1n) is 8.29. The average molecular weight is 320 g/mol. The van der Waals surface area contributed by atoms with Gasteiger partial charge in [0.1, 0.15) is 5.69 Å². The largest absolute Gasteiger partial charge is 0.371 e.